The lowest BCUT2D eigenvalue weighted by Crippen LogP contribution is -2.46. The van der Waals surface area contributed by atoms with Gasteiger partial charge in [0.2, 0.25) is 11.8 Å². The van der Waals surface area contributed by atoms with E-state index in [2.05, 4.69) is 10.6 Å². The Morgan fingerprint density at radius 3 is 2.25 bits per heavy atom. The van der Waals surface area contributed by atoms with Gasteiger partial charge in [0.05, 0.1) is 6.10 Å². The first-order valence-corrected chi connectivity index (χ1v) is 8.64. The van der Waals surface area contributed by atoms with Crippen LogP contribution in [0.5, 0.6) is 5.75 Å². The molecule has 2 N–H and O–H groups in total. The first-order valence-electron chi connectivity index (χ1n) is 8.64. The lowest BCUT2D eigenvalue weighted by molar-refractivity contribution is -0.131. The minimum atomic E-state index is -0.592. The summed E-state index contributed by atoms with van der Waals surface area (Å²) in [5.74, 6) is 0.441. The van der Waals surface area contributed by atoms with Gasteiger partial charge in [0.25, 0.3) is 0 Å². The average Bonchev–Trinajstić information content (AvgIpc) is 3.01. The molecule has 1 aliphatic carbocycles. The molecule has 0 bridgehead atoms. The zero-order valence-electron chi connectivity index (χ0n) is 15.0. The zero-order chi connectivity index (χ0) is 17.7. The first kappa shape index (κ1) is 18.3. The van der Waals surface area contributed by atoms with Crippen LogP contribution in [0.3, 0.4) is 0 Å². The molecule has 24 heavy (non-hydrogen) atoms. The van der Waals surface area contributed by atoms with Crippen LogP contribution >= 0.6 is 0 Å². The van der Waals surface area contributed by atoms with E-state index in [4.69, 9.17) is 4.74 Å². The fourth-order valence-electron chi connectivity index (χ4n) is 2.54. The highest BCUT2D eigenvalue weighted by Gasteiger charge is 2.25. The van der Waals surface area contributed by atoms with E-state index in [9.17, 15) is 9.59 Å². The molecule has 1 atom stereocenters. The Kier molecular flexibility index (Phi) is 5.86. The molecular formula is C19H28N2O3. The number of anilines is 1. The second-order valence-corrected chi connectivity index (χ2v) is 7.48. The highest BCUT2D eigenvalue weighted by atomic mass is 16.5. The van der Waals surface area contributed by atoms with Gasteiger partial charge in [0, 0.05) is 11.1 Å². The Labute approximate surface area is 144 Å². The molecular weight excluding hydrogens is 304 g/mol. The summed E-state index contributed by atoms with van der Waals surface area (Å²) in [5.41, 5.74) is 0.170. The number of hydrogen-bond donors (Lipinski definition) is 2. The molecule has 0 aliphatic heterocycles. The minimum Gasteiger partial charge on any atom is -0.490 e. The predicted octanol–water partition coefficient (Wildman–Crippen LogP) is 3.50. The van der Waals surface area contributed by atoms with Crippen molar-refractivity contribution in [3.63, 3.8) is 0 Å². The summed E-state index contributed by atoms with van der Waals surface area (Å²) in [4.78, 5) is 24.1. The monoisotopic (exact) mass is 332 g/mol. The van der Waals surface area contributed by atoms with Gasteiger partial charge in [-0.25, -0.2) is 0 Å². The molecule has 0 spiro atoms. The van der Waals surface area contributed by atoms with Crippen molar-refractivity contribution in [2.75, 3.05) is 5.32 Å². The second-order valence-electron chi connectivity index (χ2n) is 7.48. The van der Waals surface area contributed by atoms with E-state index in [1.807, 2.05) is 45.0 Å². The Morgan fingerprint density at radius 2 is 1.71 bits per heavy atom. The molecule has 0 heterocycles. The zero-order valence-corrected chi connectivity index (χ0v) is 15.0. The van der Waals surface area contributed by atoms with Gasteiger partial charge >= 0.3 is 0 Å². The number of carbonyl (C=O) groups excluding carboxylic acids is 2. The molecule has 0 saturated heterocycles. The van der Waals surface area contributed by atoms with Gasteiger partial charge in [-0.15, -0.1) is 0 Å². The Balaban J connectivity index is 1.85. The van der Waals surface area contributed by atoms with E-state index in [0.29, 0.717) is 11.8 Å². The lowest BCUT2D eigenvalue weighted by Gasteiger charge is -2.21. The normalized spacial score (nSPS) is 16.5. The fraction of sp³-hybridized carbons (Fsp3) is 0.579. The van der Waals surface area contributed by atoms with Crippen molar-refractivity contribution in [2.45, 2.75) is 65.5 Å². The van der Waals surface area contributed by atoms with Gasteiger partial charge in [0.15, 0.2) is 0 Å². The summed E-state index contributed by atoms with van der Waals surface area (Å²) >= 11 is 0. The first-order chi connectivity index (χ1) is 11.3. The standard InChI is InChI=1S/C19H28N2O3/c1-13(20-18(23)19(2,3)4)17(22)21-14-9-11-16(12-10-14)24-15-7-5-6-8-15/h9-13,15H,5-8H2,1-4H3,(H,20,23)(H,21,22). The van der Waals surface area contributed by atoms with Crippen molar-refractivity contribution in [3.05, 3.63) is 24.3 Å². The largest absolute Gasteiger partial charge is 0.490 e. The van der Waals surface area contributed by atoms with Crippen LogP contribution in [0, 0.1) is 5.41 Å². The van der Waals surface area contributed by atoms with E-state index >= 15 is 0 Å². The molecule has 1 fully saturated rings. The van der Waals surface area contributed by atoms with Gasteiger partial charge in [-0.2, -0.15) is 0 Å². The highest BCUT2D eigenvalue weighted by Crippen LogP contribution is 2.25. The summed E-state index contributed by atoms with van der Waals surface area (Å²) in [6.45, 7) is 7.12. The number of ether oxygens (including phenoxy) is 1. The van der Waals surface area contributed by atoms with Crippen molar-refractivity contribution < 1.29 is 14.3 Å². The van der Waals surface area contributed by atoms with E-state index < -0.39 is 11.5 Å². The number of hydrogen-bond acceptors (Lipinski definition) is 3. The molecule has 0 radical (unpaired) electrons. The number of benzene rings is 1. The molecule has 1 unspecified atom stereocenters. The summed E-state index contributed by atoms with van der Waals surface area (Å²) in [5, 5.41) is 5.53. The lowest BCUT2D eigenvalue weighted by atomic mass is 9.95. The van der Waals surface area contributed by atoms with E-state index in [-0.39, 0.29) is 11.8 Å². The Hall–Kier alpha value is -2.04. The van der Waals surface area contributed by atoms with Crippen LogP contribution in [0.25, 0.3) is 0 Å². The van der Waals surface area contributed by atoms with Crippen LogP contribution in [0.4, 0.5) is 5.69 Å². The summed E-state index contributed by atoms with van der Waals surface area (Å²) in [6, 6.07) is 6.78. The fourth-order valence-corrected chi connectivity index (χ4v) is 2.54. The number of nitrogens with one attached hydrogen (secondary N) is 2. The van der Waals surface area contributed by atoms with Crippen LogP contribution in [-0.2, 0) is 9.59 Å². The van der Waals surface area contributed by atoms with Gasteiger partial charge < -0.3 is 15.4 Å². The van der Waals surface area contributed by atoms with Crippen LogP contribution in [0.15, 0.2) is 24.3 Å². The number of carbonyl (C=O) groups is 2. The SMILES string of the molecule is CC(NC(=O)C(C)(C)C)C(=O)Nc1ccc(OC2CCCC2)cc1. The second kappa shape index (κ2) is 7.69. The molecule has 2 rings (SSSR count). The number of rotatable bonds is 5. The van der Waals surface area contributed by atoms with Crippen LogP contribution in [-0.4, -0.2) is 24.0 Å². The van der Waals surface area contributed by atoms with Gasteiger partial charge in [-0.3, -0.25) is 9.59 Å². The predicted molar refractivity (Wildman–Crippen MR) is 95.0 cm³/mol. The minimum absolute atomic E-state index is 0.148. The van der Waals surface area contributed by atoms with Crippen molar-refractivity contribution in [1.29, 1.82) is 0 Å². The summed E-state index contributed by atoms with van der Waals surface area (Å²) in [6.07, 6.45) is 5.01. The number of amides is 2. The molecule has 5 nitrogen and oxygen atoms in total. The van der Waals surface area contributed by atoms with Crippen LogP contribution < -0.4 is 15.4 Å². The molecule has 1 aromatic carbocycles. The smallest absolute Gasteiger partial charge is 0.246 e. The quantitative estimate of drug-likeness (QED) is 0.867. The van der Waals surface area contributed by atoms with Crippen molar-refractivity contribution >= 4 is 17.5 Å². The van der Waals surface area contributed by atoms with Crippen molar-refractivity contribution in [3.8, 4) is 5.75 Å². The van der Waals surface area contributed by atoms with Crippen molar-refractivity contribution in [2.24, 2.45) is 5.41 Å². The average molecular weight is 332 g/mol. The van der Waals surface area contributed by atoms with Crippen LogP contribution in [0.1, 0.15) is 53.4 Å². The summed E-state index contributed by atoms with van der Waals surface area (Å²) in [7, 11) is 0. The van der Waals surface area contributed by atoms with Gasteiger partial charge in [0.1, 0.15) is 11.8 Å². The van der Waals surface area contributed by atoms with Gasteiger partial charge in [-0.05, 0) is 56.9 Å². The van der Waals surface area contributed by atoms with Crippen molar-refractivity contribution in [1.82, 2.24) is 5.32 Å². The van der Waals surface area contributed by atoms with Crippen LogP contribution in [0.2, 0.25) is 0 Å². The summed E-state index contributed by atoms with van der Waals surface area (Å²) < 4.78 is 5.90. The highest BCUT2D eigenvalue weighted by molar-refractivity contribution is 5.97. The molecule has 0 aromatic heterocycles. The van der Waals surface area contributed by atoms with Gasteiger partial charge in [-0.1, -0.05) is 20.8 Å². The van der Waals surface area contributed by atoms with E-state index in [0.717, 1.165) is 18.6 Å². The Morgan fingerprint density at radius 1 is 1.12 bits per heavy atom. The third-order valence-electron chi connectivity index (χ3n) is 4.15. The molecule has 5 heteroatoms. The molecule has 2 amide bonds. The van der Waals surface area contributed by atoms with E-state index in [1.165, 1.54) is 12.8 Å². The third kappa shape index (κ3) is 5.25. The maximum absolute atomic E-state index is 12.2. The van der Waals surface area contributed by atoms with E-state index in [1.54, 1.807) is 6.92 Å². The molecule has 1 saturated carbocycles. The topological polar surface area (TPSA) is 67.4 Å². The molecule has 1 aromatic rings. The molecule has 132 valence electrons. The molecule has 1 aliphatic rings. The third-order valence-corrected chi connectivity index (χ3v) is 4.15. The maximum Gasteiger partial charge on any atom is 0.246 e. The maximum atomic E-state index is 12.2. The Bertz CT molecular complexity index is 569.